The van der Waals surface area contributed by atoms with E-state index in [9.17, 15) is 4.79 Å². The first kappa shape index (κ1) is 34.5. The van der Waals surface area contributed by atoms with Crippen LogP contribution in [0, 0.1) is 5.41 Å². The van der Waals surface area contributed by atoms with Crippen LogP contribution < -0.4 is 0 Å². The molecule has 0 unspecified atom stereocenters. The molecular formula is C28H58O5. The van der Waals surface area contributed by atoms with Gasteiger partial charge in [-0.25, -0.2) is 0 Å². The van der Waals surface area contributed by atoms with Crippen molar-refractivity contribution in [3.05, 3.63) is 0 Å². The van der Waals surface area contributed by atoms with Crippen molar-refractivity contribution < 1.29 is 25.2 Å². The Labute approximate surface area is 205 Å². The van der Waals surface area contributed by atoms with E-state index < -0.39 is 11.4 Å². The largest absolute Gasteiger partial charge is 0.481 e. The van der Waals surface area contributed by atoms with Crippen molar-refractivity contribution in [1.29, 1.82) is 0 Å². The zero-order valence-electron chi connectivity index (χ0n) is 22.2. The molecule has 0 heterocycles. The average Bonchev–Trinajstić information content (AvgIpc) is 2.82. The minimum absolute atomic E-state index is 0.156. The van der Waals surface area contributed by atoms with E-state index in [1.54, 1.807) is 0 Å². The van der Waals surface area contributed by atoms with Gasteiger partial charge in [0.1, 0.15) is 0 Å². The number of unbranched alkanes of at least 4 members (excludes halogenated alkanes) is 18. The Hall–Kier alpha value is -0.650. The smallest absolute Gasteiger partial charge is 0.303 e. The van der Waals surface area contributed by atoms with Crippen LogP contribution in [0.15, 0.2) is 0 Å². The molecule has 0 aromatic rings. The Bertz CT molecular complexity index is 365. The lowest BCUT2D eigenvalue weighted by Gasteiger charge is -2.24. The van der Waals surface area contributed by atoms with Gasteiger partial charge in [0.05, 0.1) is 19.8 Å². The molecule has 0 saturated carbocycles. The maximum absolute atomic E-state index is 10.4. The molecule has 0 amide bonds. The Balaban J connectivity index is 0. The monoisotopic (exact) mass is 474 g/mol. The summed E-state index contributed by atoms with van der Waals surface area (Å²) in [4.78, 5) is 10.4. The van der Waals surface area contributed by atoms with E-state index in [0.717, 1.165) is 12.8 Å². The SMILES string of the molecule is CCC(CO)(CO)CO.CCCCCCCCCCCCCCCCCCCCCC(=O)O. The average molecular weight is 475 g/mol. The van der Waals surface area contributed by atoms with Gasteiger partial charge < -0.3 is 20.4 Å². The van der Waals surface area contributed by atoms with Crippen LogP contribution in [0.5, 0.6) is 0 Å². The van der Waals surface area contributed by atoms with Crippen molar-refractivity contribution in [1.82, 2.24) is 0 Å². The summed E-state index contributed by atoms with van der Waals surface area (Å²) in [6.07, 6.45) is 26.7. The molecule has 0 bridgehead atoms. The zero-order valence-corrected chi connectivity index (χ0v) is 22.2. The van der Waals surface area contributed by atoms with Crippen LogP contribution in [-0.2, 0) is 4.79 Å². The first-order valence-corrected chi connectivity index (χ1v) is 14.1. The second-order valence-corrected chi connectivity index (χ2v) is 9.84. The van der Waals surface area contributed by atoms with Crippen LogP contribution in [0.2, 0.25) is 0 Å². The normalized spacial score (nSPS) is 11.3. The van der Waals surface area contributed by atoms with Gasteiger partial charge in [0, 0.05) is 11.8 Å². The molecule has 200 valence electrons. The topological polar surface area (TPSA) is 98.0 Å². The number of hydrogen-bond acceptors (Lipinski definition) is 4. The molecule has 0 fully saturated rings. The first-order valence-electron chi connectivity index (χ1n) is 14.1. The summed E-state index contributed by atoms with van der Waals surface area (Å²) in [7, 11) is 0. The summed E-state index contributed by atoms with van der Waals surface area (Å²) in [6.45, 7) is 3.64. The zero-order chi connectivity index (χ0) is 25.0. The van der Waals surface area contributed by atoms with Gasteiger partial charge in [-0.05, 0) is 12.8 Å². The second kappa shape index (κ2) is 27.6. The highest BCUT2D eigenvalue weighted by molar-refractivity contribution is 5.66. The van der Waals surface area contributed by atoms with Crippen molar-refractivity contribution in [3.63, 3.8) is 0 Å². The van der Waals surface area contributed by atoms with E-state index in [1.807, 2.05) is 6.92 Å². The van der Waals surface area contributed by atoms with Crippen LogP contribution in [0.25, 0.3) is 0 Å². The maximum Gasteiger partial charge on any atom is 0.303 e. The van der Waals surface area contributed by atoms with Crippen molar-refractivity contribution in [2.45, 2.75) is 149 Å². The molecule has 0 aromatic carbocycles. The molecule has 0 aliphatic rings. The van der Waals surface area contributed by atoms with E-state index in [1.165, 1.54) is 109 Å². The first-order chi connectivity index (χ1) is 16.0. The van der Waals surface area contributed by atoms with Crippen LogP contribution >= 0.6 is 0 Å². The van der Waals surface area contributed by atoms with E-state index in [0.29, 0.717) is 12.8 Å². The number of aliphatic hydroxyl groups excluding tert-OH is 3. The van der Waals surface area contributed by atoms with Crippen LogP contribution in [0.4, 0.5) is 0 Å². The highest BCUT2D eigenvalue weighted by atomic mass is 16.4. The molecule has 0 aromatic heterocycles. The van der Waals surface area contributed by atoms with Crippen molar-refractivity contribution in [3.8, 4) is 0 Å². The lowest BCUT2D eigenvalue weighted by molar-refractivity contribution is -0.137. The molecule has 0 atom stereocenters. The van der Waals surface area contributed by atoms with Gasteiger partial charge in [0.25, 0.3) is 0 Å². The lowest BCUT2D eigenvalue weighted by atomic mass is 9.88. The molecule has 0 aliphatic carbocycles. The lowest BCUT2D eigenvalue weighted by Crippen LogP contribution is -2.32. The number of carboxylic acids is 1. The van der Waals surface area contributed by atoms with Crippen LogP contribution in [-0.4, -0.2) is 46.2 Å². The maximum atomic E-state index is 10.4. The van der Waals surface area contributed by atoms with Crippen molar-refractivity contribution >= 4 is 5.97 Å². The number of carboxylic acid groups (broad SMARTS) is 1. The molecule has 5 heteroatoms. The third-order valence-electron chi connectivity index (χ3n) is 6.75. The summed E-state index contributed by atoms with van der Waals surface area (Å²) in [6, 6.07) is 0. The molecular weight excluding hydrogens is 416 g/mol. The fraction of sp³-hybridized carbons (Fsp3) is 0.964. The number of hydrogen-bond donors (Lipinski definition) is 4. The van der Waals surface area contributed by atoms with Gasteiger partial charge in [-0.15, -0.1) is 0 Å². The van der Waals surface area contributed by atoms with E-state index in [2.05, 4.69) is 6.92 Å². The second-order valence-electron chi connectivity index (χ2n) is 9.84. The van der Waals surface area contributed by atoms with Gasteiger partial charge >= 0.3 is 5.97 Å². The summed E-state index contributed by atoms with van der Waals surface area (Å²) >= 11 is 0. The summed E-state index contributed by atoms with van der Waals surface area (Å²) in [5, 5.41) is 34.5. The molecule has 0 radical (unpaired) electrons. The third-order valence-corrected chi connectivity index (χ3v) is 6.75. The number of carbonyl (C=O) groups is 1. The van der Waals surface area contributed by atoms with Crippen molar-refractivity contribution in [2.75, 3.05) is 19.8 Å². The Kier molecular flexibility index (Phi) is 28.9. The van der Waals surface area contributed by atoms with E-state index >= 15 is 0 Å². The predicted molar refractivity (Wildman–Crippen MR) is 140 cm³/mol. The molecule has 0 aliphatic heterocycles. The molecule has 0 spiro atoms. The van der Waals surface area contributed by atoms with Gasteiger partial charge in [-0.1, -0.05) is 129 Å². The standard InChI is InChI=1S/C22H44O2.C6H14O3/c1-2-3-4-5-6-7-8-9-10-11-12-13-14-15-16-17-18-19-20-21-22(23)24;1-2-6(3-7,4-8)5-9/h2-21H2,1H3,(H,23,24);7-9H,2-5H2,1H3. The fourth-order valence-electron chi connectivity index (χ4n) is 3.84. The van der Waals surface area contributed by atoms with E-state index in [-0.39, 0.29) is 19.8 Å². The Morgan fingerprint density at radius 3 is 0.970 bits per heavy atom. The Morgan fingerprint density at radius 1 is 0.515 bits per heavy atom. The number of rotatable bonds is 24. The van der Waals surface area contributed by atoms with E-state index in [4.69, 9.17) is 20.4 Å². The Morgan fingerprint density at radius 2 is 0.788 bits per heavy atom. The molecule has 33 heavy (non-hydrogen) atoms. The van der Waals surface area contributed by atoms with Crippen LogP contribution in [0.3, 0.4) is 0 Å². The molecule has 0 rings (SSSR count). The summed E-state index contributed by atoms with van der Waals surface area (Å²) in [5.41, 5.74) is -0.667. The predicted octanol–water partition coefficient (Wildman–Crippen LogP) is 7.25. The van der Waals surface area contributed by atoms with Gasteiger partial charge in [0.15, 0.2) is 0 Å². The molecule has 0 saturated heterocycles. The van der Waals surface area contributed by atoms with Gasteiger partial charge in [-0.2, -0.15) is 0 Å². The highest BCUT2D eigenvalue weighted by Gasteiger charge is 2.24. The minimum Gasteiger partial charge on any atom is -0.481 e. The molecule has 4 N–H and O–H groups in total. The van der Waals surface area contributed by atoms with Gasteiger partial charge in [-0.3, -0.25) is 4.79 Å². The highest BCUT2D eigenvalue weighted by Crippen LogP contribution is 2.18. The number of aliphatic carboxylic acids is 1. The summed E-state index contributed by atoms with van der Waals surface area (Å²) < 4.78 is 0. The molecule has 5 nitrogen and oxygen atoms in total. The van der Waals surface area contributed by atoms with Gasteiger partial charge in [0.2, 0.25) is 0 Å². The fourth-order valence-corrected chi connectivity index (χ4v) is 3.84. The quantitative estimate of drug-likeness (QED) is 0.110. The number of aliphatic hydroxyl groups is 3. The summed E-state index contributed by atoms with van der Waals surface area (Å²) in [5.74, 6) is -0.651. The van der Waals surface area contributed by atoms with Crippen molar-refractivity contribution in [2.24, 2.45) is 5.41 Å². The van der Waals surface area contributed by atoms with Crippen LogP contribution in [0.1, 0.15) is 149 Å². The minimum atomic E-state index is -0.667. The third kappa shape index (κ3) is 25.8.